The van der Waals surface area contributed by atoms with Crippen LogP contribution in [0.25, 0.3) is 6.08 Å². The smallest absolute Gasteiger partial charge is 0.291 e. The molecule has 0 aliphatic carbocycles. The summed E-state index contributed by atoms with van der Waals surface area (Å²) in [5, 5.41) is 5.85. The van der Waals surface area contributed by atoms with Gasteiger partial charge in [-0.05, 0) is 61.2 Å². The van der Waals surface area contributed by atoms with Crippen molar-refractivity contribution < 1.29 is 14.3 Å². The Balaban J connectivity index is 1.36. The average molecular weight is 412 g/mol. The normalized spacial score (nSPS) is 14.9. The molecule has 3 aromatic carbocycles. The Labute approximate surface area is 181 Å². The molecule has 0 radical (unpaired) electrons. The van der Waals surface area contributed by atoms with E-state index in [-0.39, 0.29) is 23.6 Å². The molecule has 0 unspecified atom stereocenters. The number of hydrogen-bond acceptors (Lipinski definition) is 3. The third-order valence-electron chi connectivity index (χ3n) is 5.14. The quantitative estimate of drug-likeness (QED) is 0.571. The summed E-state index contributed by atoms with van der Waals surface area (Å²) in [5.41, 5.74) is 3.27. The van der Waals surface area contributed by atoms with Crippen molar-refractivity contribution in [3.8, 4) is 5.75 Å². The molecule has 0 saturated carbocycles. The van der Waals surface area contributed by atoms with Gasteiger partial charge in [-0.3, -0.25) is 9.59 Å². The van der Waals surface area contributed by atoms with E-state index in [9.17, 15) is 9.59 Å². The second-order valence-corrected chi connectivity index (χ2v) is 7.58. The highest BCUT2D eigenvalue weighted by Gasteiger charge is 2.21. The van der Waals surface area contributed by atoms with Crippen molar-refractivity contribution in [3.63, 3.8) is 0 Å². The van der Waals surface area contributed by atoms with E-state index in [1.807, 2.05) is 37.3 Å². The molecular formula is C26H24N2O3. The minimum Gasteiger partial charge on any atom is -0.449 e. The van der Waals surface area contributed by atoms with Crippen LogP contribution in [0, 0.1) is 0 Å². The van der Waals surface area contributed by atoms with Crippen LogP contribution >= 0.6 is 0 Å². The third kappa shape index (κ3) is 5.20. The Hall–Kier alpha value is -3.86. The van der Waals surface area contributed by atoms with Gasteiger partial charge >= 0.3 is 0 Å². The fourth-order valence-corrected chi connectivity index (χ4v) is 3.39. The highest BCUT2D eigenvalue weighted by Crippen LogP contribution is 2.30. The van der Waals surface area contributed by atoms with Gasteiger partial charge in [-0.15, -0.1) is 0 Å². The Morgan fingerprint density at radius 2 is 1.71 bits per heavy atom. The van der Waals surface area contributed by atoms with Crippen molar-refractivity contribution in [2.75, 3.05) is 5.32 Å². The van der Waals surface area contributed by atoms with E-state index in [0.29, 0.717) is 17.0 Å². The molecule has 4 rings (SSSR count). The number of hydrogen-bond donors (Lipinski definition) is 2. The molecule has 5 heteroatoms. The van der Waals surface area contributed by atoms with Gasteiger partial charge in [-0.25, -0.2) is 0 Å². The minimum absolute atomic E-state index is 0.0638. The largest absolute Gasteiger partial charge is 0.449 e. The van der Waals surface area contributed by atoms with Gasteiger partial charge in [0.05, 0.1) is 5.69 Å². The average Bonchev–Trinajstić information content (AvgIpc) is 2.79. The second kappa shape index (κ2) is 9.30. The summed E-state index contributed by atoms with van der Waals surface area (Å²) < 4.78 is 5.71. The summed E-state index contributed by atoms with van der Waals surface area (Å²) in [4.78, 5) is 24.8. The minimum atomic E-state index is -0.298. The molecule has 5 nitrogen and oxygen atoms in total. The molecule has 1 aliphatic heterocycles. The molecule has 2 N–H and O–H groups in total. The van der Waals surface area contributed by atoms with Crippen molar-refractivity contribution >= 4 is 23.6 Å². The lowest BCUT2D eigenvalue weighted by molar-refractivity contribution is -0.115. The molecule has 2 amide bonds. The number of fused-ring (bicyclic) bond motifs is 1. The van der Waals surface area contributed by atoms with Crippen molar-refractivity contribution in [3.05, 3.63) is 101 Å². The monoisotopic (exact) mass is 412 g/mol. The van der Waals surface area contributed by atoms with Crippen LogP contribution in [-0.2, 0) is 11.2 Å². The van der Waals surface area contributed by atoms with Crippen LogP contribution in [0.2, 0.25) is 0 Å². The number of anilines is 1. The summed E-state index contributed by atoms with van der Waals surface area (Å²) in [7, 11) is 0. The fraction of sp³-hybridized carbons (Fsp3) is 0.154. The molecule has 0 spiro atoms. The maximum atomic E-state index is 12.5. The lowest BCUT2D eigenvalue weighted by atomic mass is 10.1. The van der Waals surface area contributed by atoms with Crippen molar-refractivity contribution in [1.82, 2.24) is 5.32 Å². The standard InChI is InChI=1S/C26H24N2O3/c1-18(11-12-19-7-3-2-4-8-19)27-25(29)21-15-13-20(14-16-21)17-24-26(30)28-22-9-5-6-10-23(22)31-24/h2-10,13-18H,11-12H2,1H3,(H,27,29)(H,28,30)/b24-17-/t18-/m0/s1. The first-order chi connectivity index (χ1) is 15.1. The number of carbonyl (C=O) groups is 2. The number of nitrogens with one attached hydrogen (secondary N) is 2. The number of aryl methyl sites for hydroxylation is 1. The van der Waals surface area contributed by atoms with Gasteiger partial charge in [0.25, 0.3) is 11.8 Å². The van der Waals surface area contributed by atoms with Gasteiger partial charge in [0, 0.05) is 11.6 Å². The summed E-state index contributed by atoms with van der Waals surface area (Å²) in [6, 6.07) is 24.7. The molecule has 0 bridgehead atoms. The number of amides is 2. The highest BCUT2D eigenvalue weighted by atomic mass is 16.5. The van der Waals surface area contributed by atoms with E-state index in [1.54, 1.807) is 42.5 Å². The Morgan fingerprint density at radius 1 is 1.00 bits per heavy atom. The molecule has 1 atom stereocenters. The van der Waals surface area contributed by atoms with Gasteiger partial charge in [0.1, 0.15) is 0 Å². The van der Waals surface area contributed by atoms with Gasteiger partial charge < -0.3 is 15.4 Å². The first-order valence-corrected chi connectivity index (χ1v) is 10.3. The number of para-hydroxylation sites is 2. The molecule has 0 saturated heterocycles. The maximum absolute atomic E-state index is 12.5. The predicted molar refractivity (Wildman–Crippen MR) is 122 cm³/mol. The molecule has 156 valence electrons. The van der Waals surface area contributed by atoms with E-state index in [1.165, 1.54) is 5.56 Å². The third-order valence-corrected chi connectivity index (χ3v) is 5.14. The van der Waals surface area contributed by atoms with Crippen LogP contribution in [-0.4, -0.2) is 17.9 Å². The Morgan fingerprint density at radius 3 is 2.48 bits per heavy atom. The molecule has 3 aromatic rings. The molecule has 1 aliphatic rings. The van der Waals surface area contributed by atoms with E-state index in [2.05, 4.69) is 22.8 Å². The van der Waals surface area contributed by atoms with Gasteiger partial charge in [-0.1, -0.05) is 54.6 Å². The summed E-state index contributed by atoms with van der Waals surface area (Å²) >= 11 is 0. The Kier molecular flexibility index (Phi) is 6.13. The topological polar surface area (TPSA) is 67.4 Å². The molecule has 0 aromatic heterocycles. The molecule has 31 heavy (non-hydrogen) atoms. The predicted octanol–water partition coefficient (Wildman–Crippen LogP) is 4.81. The van der Waals surface area contributed by atoms with Crippen LogP contribution < -0.4 is 15.4 Å². The van der Waals surface area contributed by atoms with Gasteiger partial charge in [-0.2, -0.15) is 0 Å². The molecule has 1 heterocycles. The van der Waals surface area contributed by atoms with Crippen molar-refractivity contribution in [1.29, 1.82) is 0 Å². The lowest BCUT2D eigenvalue weighted by Crippen LogP contribution is -2.32. The van der Waals surface area contributed by atoms with Crippen molar-refractivity contribution in [2.45, 2.75) is 25.8 Å². The van der Waals surface area contributed by atoms with Gasteiger partial charge in [0.2, 0.25) is 0 Å². The SMILES string of the molecule is C[C@@H](CCc1ccccc1)NC(=O)c1ccc(/C=C2\Oc3ccccc3NC2=O)cc1. The molecular weight excluding hydrogens is 388 g/mol. The first kappa shape index (κ1) is 20.4. The van der Waals surface area contributed by atoms with E-state index in [4.69, 9.17) is 4.74 Å². The zero-order valence-corrected chi connectivity index (χ0v) is 17.3. The van der Waals surface area contributed by atoms with Crippen LogP contribution in [0.4, 0.5) is 5.69 Å². The summed E-state index contributed by atoms with van der Waals surface area (Å²) in [5.74, 6) is 0.410. The highest BCUT2D eigenvalue weighted by molar-refractivity contribution is 6.08. The second-order valence-electron chi connectivity index (χ2n) is 7.58. The first-order valence-electron chi connectivity index (χ1n) is 10.3. The number of ether oxygens (including phenoxy) is 1. The lowest BCUT2D eigenvalue weighted by Gasteiger charge is -2.19. The fourth-order valence-electron chi connectivity index (χ4n) is 3.39. The summed E-state index contributed by atoms with van der Waals surface area (Å²) in [6.45, 7) is 2.01. The van der Waals surface area contributed by atoms with Crippen LogP contribution in [0.1, 0.15) is 34.8 Å². The summed E-state index contributed by atoms with van der Waals surface area (Å²) in [6.07, 6.45) is 3.45. The van der Waals surface area contributed by atoms with E-state index >= 15 is 0 Å². The maximum Gasteiger partial charge on any atom is 0.291 e. The van der Waals surface area contributed by atoms with Crippen molar-refractivity contribution in [2.24, 2.45) is 0 Å². The van der Waals surface area contributed by atoms with Gasteiger partial charge in [0.15, 0.2) is 11.5 Å². The van der Waals surface area contributed by atoms with Crippen LogP contribution in [0.3, 0.4) is 0 Å². The zero-order valence-electron chi connectivity index (χ0n) is 17.3. The van der Waals surface area contributed by atoms with E-state index < -0.39 is 0 Å². The number of rotatable bonds is 6. The number of carbonyl (C=O) groups excluding carboxylic acids is 2. The van der Waals surface area contributed by atoms with Crippen LogP contribution in [0.15, 0.2) is 84.6 Å². The van der Waals surface area contributed by atoms with E-state index in [0.717, 1.165) is 18.4 Å². The number of benzene rings is 3. The zero-order chi connectivity index (χ0) is 21.6. The molecule has 0 fully saturated rings. The Bertz CT molecular complexity index is 1110. The van der Waals surface area contributed by atoms with Crippen LogP contribution in [0.5, 0.6) is 5.75 Å².